The third-order valence-corrected chi connectivity index (χ3v) is 3.90. The monoisotopic (exact) mass is 333 g/mol. The first kappa shape index (κ1) is 17.0. The minimum atomic E-state index is -0.835. The van der Waals surface area contributed by atoms with Gasteiger partial charge in [-0.05, 0) is 23.6 Å². The van der Waals surface area contributed by atoms with Crippen LogP contribution < -0.4 is 11.1 Å². The molecule has 0 aliphatic rings. The average molecular weight is 334 g/mol. The van der Waals surface area contributed by atoms with E-state index < -0.39 is 23.6 Å². The highest BCUT2D eigenvalue weighted by Crippen LogP contribution is 2.35. The quantitative estimate of drug-likeness (QED) is 0.592. The highest BCUT2D eigenvalue weighted by molar-refractivity contribution is 6.30. The molecule has 0 aliphatic heterocycles. The zero-order valence-electron chi connectivity index (χ0n) is 12.5. The molecule has 4 N–H and O–H groups in total. The van der Waals surface area contributed by atoms with Crippen molar-refractivity contribution in [2.75, 3.05) is 0 Å². The number of carbonyl (C=O) groups is 1. The molecule has 0 bridgehead atoms. The lowest BCUT2D eigenvalue weighted by atomic mass is 9.82. The third kappa shape index (κ3) is 4.07. The van der Waals surface area contributed by atoms with E-state index in [2.05, 4.69) is 5.32 Å². The summed E-state index contributed by atoms with van der Waals surface area (Å²) in [6, 6.07) is 13.5. The van der Waals surface area contributed by atoms with Crippen LogP contribution in [-0.2, 0) is 4.79 Å². The van der Waals surface area contributed by atoms with E-state index in [1.807, 2.05) is 37.3 Å². The fraction of sp³-hybridized carbons (Fsp3) is 0.176. The molecule has 2 atom stereocenters. The molecular formula is C17H17ClFN3O. The Labute approximate surface area is 139 Å². The third-order valence-electron chi connectivity index (χ3n) is 3.66. The van der Waals surface area contributed by atoms with E-state index in [-0.39, 0.29) is 16.5 Å². The molecule has 0 saturated carbocycles. The van der Waals surface area contributed by atoms with Gasteiger partial charge in [0.25, 0.3) is 0 Å². The number of hydrogen-bond donors (Lipinski definition) is 3. The van der Waals surface area contributed by atoms with Crippen molar-refractivity contribution < 1.29 is 9.18 Å². The maximum atomic E-state index is 14.3. The number of guanidine groups is 1. The maximum absolute atomic E-state index is 14.3. The van der Waals surface area contributed by atoms with Crippen LogP contribution in [0.3, 0.4) is 0 Å². The van der Waals surface area contributed by atoms with Crippen LogP contribution in [0.2, 0.25) is 5.02 Å². The summed E-state index contributed by atoms with van der Waals surface area (Å²) in [5.41, 5.74) is 6.34. The number of amides is 1. The summed E-state index contributed by atoms with van der Waals surface area (Å²) in [7, 11) is 0. The summed E-state index contributed by atoms with van der Waals surface area (Å²) in [4.78, 5) is 12.5. The van der Waals surface area contributed by atoms with E-state index in [0.29, 0.717) is 0 Å². The van der Waals surface area contributed by atoms with Gasteiger partial charge in [-0.25, -0.2) is 4.39 Å². The molecule has 0 fully saturated rings. The molecule has 2 aromatic rings. The Hall–Kier alpha value is -2.40. The summed E-state index contributed by atoms with van der Waals surface area (Å²) < 4.78 is 14.3. The van der Waals surface area contributed by atoms with Gasteiger partial charge in [0.2, 0.25) is 5.91 Å². The number of halogens is 2. The van der Waals surface area contributed by atoms with Gasteiger partial charge in [0, 0.05) is 10.6 Å². The van der Waals surface area contributed by atoms with Crippen molar-refractivity contribution in [2.24, 2.45) is 5.73 Å². The van der Waals surface area contributed by atoms with E-state index in [1.54, 1.807) is 0 Å². The van der Waals surface area contributed by atoms with Crippen LogP contribution in [0.15, 0.2) is 48.5 Å². The lowest BCUT2D eigenvalue weighted by Crippen LogP contribution is -2.40. The maximum Gasteiger partial charge on any atom is 0.234 e. The molecule has 0 saturated heterocycles. The minimum absolute atomic E-state index is 0.213. The fourth-order valence-electron chi connectivity index (χ4n) is 2.55. The van der Waals surface area contributed by atoms with Crippen LogP contribution in [0, 0.1) is 11.2 Å². The Morgan fingerprint density at radius 3 is 2.48 bits per heavy atom. The van der Waals surface area contributed by atoms with Crippen molar-refractivity contribution in [2.45, 2.75) is 18.8 Å². The lowest BCUT2D eigenvalue weighted by molar-refractivity contribution is -0.121. The molecule has 6 heteroatoms. The van der Waals surface area contributed by atoms with Crippen LogP contribution in [0.1, 0.15) is 29.9 Å². The van der Waals surface area contributed by atoms with Crippen LogP contribution in [-0.4, -0.2) is 11.9 Å². The first-order valence-corrected chi connectivity index (χ1v) is 7.42. The molecule has 2 rings (SSSR count). The molecule has 1 amide bonds. The second kappa shape index (κ2) is 7.24. The van der Waals surface area contributed by atoms with Crippen LogP contribution in [0.4, 0.5) is 4.39 Å². The van der Waals surface area contributed by atoms with Gasteiger partial charge in [-0.15, -0.1) is 0 Å². The van der Waals surface area contributed by atoms with Gasteiger partial charge in [-0.2, -0.15) is 0 Å². The molecule has 2 aromatic carbocycles. The topological polar surface area (TPSA) is 79.0 Å². The molecule has 0 heterocycles. The van der Waals surface area contributed by atoms with Gasteiger partial charge >= 0.3 is 0 Å². The van der Waals surface area contributed by atoms with Crippen molar-refractivity contribution >= 4 is 23.5 Å². The van der Waals surface area contributed by atoms with E-state index in [9.17, 15) is 9.18 Å². The van der Waals surface area contributed by atoms with Crippen molar-refractivity contribution in [3.8, 4) is 0 Å². The molecule has 120 valence electrons. The second-order valence-electron chi connectivity index (χ2n) is 5.25. The zero-order valence-corrected chi connectivity index (χ0v) is 13.3. The largest absolute Gasteiger partial charge is 0.370 e. The molecule has 0 unspecified atom stereocenters. The van der Waals surface area contributed by atoms with Gasteiger partial charge in [0.1, 0.15) is 5.82 Å². The predicted molar refractivity (Wildman–Crippen MR) is 89.1 cm³/mol. The fourth-order valence-corrected chi connectivity index (χ4v) is 2.71. The lowest BCUT2D eigenvalue weighted by Gasteiger charge is -2.24. The van der Waals surface area contributed by atoms with Crippen LogP contribution in [0.5, 0.6) is 0 Å². The Balaban J connectivity index is 2.47. The standard InChI is InChI=1S/C17H17ClFN3O/c1-10(11-5-3-2-4-6-11)15(16(23)22-17(20)21)13-8-7-12(18)9-14(13)19/h2-10,15H,1H3,(H4,20,21,22,23)/t10-,15+/m0/s1. The minimum Gasteiger partial charge on any atom is -0.370 e. The number of benzene rings is 2. The first-order chi connectivity index (χ1) is 10.9. The highest BCUT2D eigenvalue weighted by atomic mass is 35.5. The summed E-state index contributed by atoms with van der Waals surface area (Å²) in [6.07, 6.45) is 0. The predicted octanol–water partition coefficient (Wildman–Crippen LogP) is 3.38. The van der Waals surface area contributed by atoms with Gasteiger partial charge in [0.05, 0.1) is 5.92 Å². The molecule has 0 aromatic heterocycles. The molecule has 23 heavy (non-hydrogen) atoms. The summed E-state index contributed by atoms with van der Waals surface area (Å²) in [6.45, 7) is 1.83. The number of nitrogens with two attached hydrogens (primary N) is 1. The summed E-state index contributed by atoms with van der Waals surface area (Å²) in [5.74, 6) is -2.72. The van der Waals surface area contributed by atoms with E-state index in [4.69, 9.17) is 22.7 Å². The number of carbonyl (C=O) groups excluding carboxylic acids is 1. The normalized spacial score (nSPS) is 13.2. The van der Waals surface area contributed by atoms with Crippen molar-refractivity contribution in [3.05, 3.63) is 70.5 Å². The van der Waals surface area contributed by atoms with Gasteiger partial charge in [-0.1, -0.05) is 54.9 Å². The van der Waals surface area contributed by atoms with E-state index in [0.717, 1.165) is 5.56 Å². The Bertz CT molecular complexity index is 721. The van der Waals surface area contributed by atoms with Crippen LogP contribution >= 0.6 is 11.6 Å². The van der Waals surface area contributed by atoms with Gasteiger partial charge in [-0.3, -0.25) is 15.5 Å². The smallest absolute Gasteiger partial charge is 0.234 e. The highest BCUT2D eigenvalue weighted by Gasteiger charge is 2.30. The Morgan fingerprint density at radius 2 is 1.91 bits per heavy atom. The number of nitrogens with one attached hydrogen (secondary N) is 2. The van der Waals surface area contributed by atoms with Crippen molar-refractivity contribution in [1.29, 1.82) is 5.41 Å². The first-order valence-electron chi connectivity index (χ1n) is 7.05. The second-order valence-corrected chi connectivity index (χ2v) is 5.68. The van der Waals surface area contributed by atoms with Gasteiger partial charge in [0.15, 0.2) is 5.96 Å². The average Bonchev–Trinajstić information content (AvgIpc) is 2.49. The molecule has 0 aliphatic carbocycles. The van der Waals surface area contributed by atoms with E-state index >= 15 is 0 Å². The zero-order chi connectivity index (χ0) is 17.0. The summed E-state index contributed by atoms with van der Waals surface area (Å²) >= 11 is 5.79. The van der Waals surface area contributed by atoms with Crippen molar-refractivity contribution in [3.63, 3.8) is 0 Å². The van der Waals surface area contributed by atoms with E-state index in [1.165, 1.54) is 18.2 Å². The molecule has 0 radical (unpaired) electrons. The van der Waals surface area contributed by atoms with Crippen molar-refractivity contribution in [1.82, 2.24) is 5.32 Å². The van der Waals surface area contributed by atoms with Gasteiger partial charge < -0.3 is 5.73 Å². The molecule has 4 nitrogen and oxygen atoms in total. The summed E-state index contributed by atoms with van der Waals surface area (Å²) in [5, 5.41) is 9.76. The Morgan fingerprint density at radius 1 is 1.26 bits per heavy atom. The molecule has 0 spiro atoms. The molecular weight excluding hydrogens is 317 g/mol. The SMILES string of the molecule is C[C@@H](c1ccccc1)[C@@H](C(=O)NC(=N)N)c1ccc(Cl)cc1F. The van der Waals surface area contributed by atoms with Crippen LogP contribution in [0.25, 0.3) is 0 Å². The number of hydrogen-bond acceptors (Lipinski definition) is 2. The number of rotatable bonds is 4. The Kier molecular flexibility index (Phi) is 5.34.